The van der Waals surface area contributed by atoms with Gasteiger partial charge in [0.05, 0.1) is 11.1 Å². The first kappa shape index (κ1) is 25.2. The van der Waals surface area contributed by atoms with Crippen molar-refractivity contribution in [3.63, 3.8) is 0 Å². The van der Waals surface area contributed by atoms with E-state index in [4.69, 9.17) is 17.0 Å². The van der Waals surface area contributed by atoms with Gasteiger partial charge < -0.3 is 15.0 Å². The lowest BCUT2D eigenvalue weighted by atomic mass is 10.1. The predicted molar refractivity (Wildman–Crippen MR) is 139 cm³/mol. The Labute approximate surface area is 209 Å². The van der Waals surface area contributed by atoms with Crippen LogP contribution in [0.2, 0.25) is 0 Å². The summed E-state index contributed by atoms with van der Waals surface area (Å²) in [4.78, 5) is 27.1. The van der Waals surface area contributed by atoms with Gasteiger partial charge in [0.15, 0.2) is 5.11 Å². The Morgan fingerprint density at radius 1 is 1.06 bits per heavy atom. The number of nitrogens with one attached hydrogen (secondary N) is 2. The number of rotatable bonds is 9. The maximum atomic E-state index is 12.6. The zero-order valence-corrected chi connectivity index (χ0v) is 21.3. The normalized spacial score (nSPS) is 13.0. The summed E-state index contributed by atoms with van der Waals surface area (Å²) in [5.41, 5.74) is 1.71. The number of halogens is 1. The van der Waals surface area contributed by atoms with E-state index in [9.17, 15) is 9.59 Å². The number of carbonyl (C=O) groups excluding carboxylic acids is 2. The average molecular weight is 533 g/mol. The van der Waals surface area contributed by atoms with Crippen molar-refractivity contribution < 1.29 is 14.3 Å². The van der Waals surface area contributed by atoms with Gasteiger partial charge in [0.1, 0.15) is 5.75 Å². The van der Waals surface area contributed by atoms with Crippen LogP contribution >= 0.6 is 28.1 Å². The number of likely N-dealkylation sites (tertiary alicyclic amines) is 1. The third-order valence-electron chi connectivity index (χ3n) is 5.44. The molecule has 176 valence electrons. The molecule has 2 aromatic rings. The Balaban J connectivity index is 1.53. The Kier molecular flexibility index (Phi) is 9.69. The Morgan fingerprint density at radius 2 is 1.85 bits per heavy atom. The third-order valence-corrected chi connectivity index (χ3v) is 6.26. The van der Waals surface area contributed by atoms with Crippen molar-refractivity contribution in [3.8, 4) is 5.75 Å². The summed E-state index contributed by atoms with van der Waals surface area (Å²) in [6.07, 6.45) is 6.63. The highest BCUT2D eigenvalue weighted by Gasteiger charge is 2.19. The van der Waals surface area contributed by atoms with Crippen molar-refractivity contribution in [2.24, 2.45) is 0 Å². The summed E-state index contributed by atoms with van der Waals surface area (Å²) in [7, 11) is 0. The third kappa shape index (κ3) is 7.54. The van der Waals surface area contributed by atoms with Crippen molar-refractivity contribution in [2.45, 2.75) is 45.4 Å². The second-order valence-electron chi connectivity index (χ2n) is 8.04. The first-order chi connectivity index (χ1) is 16.0. The van der Waals surface area contributed by atoms with Crippen molar-refractivity contribution >= 4 is 50.8 Å². The maximum Gasteiger partial charge on any atom is 0.257 e. The number of unbranched alkanes of at least 4 members (excludes halogenated alkanes) is 3. The van der Waals surface area contributed by atoms with Crippen LogP contribution in [-0.2, 0) is 0 Å². The molecule has 1 aliphatic rings. The molecule has 0 aromatic heterocycles. The maximum absolute atomic E-state index is 12.6. The fourth-order valence-corrected chi connectivity index (χ4v) is 4.34. The summed E-state index contributed by atoms with van der Waals surface area (Å²) in [6.45, 7) is 4.42. The molecular formula is C25H30BrN3O3S. The monoisotopic (exact) mass is 531 g/mol. The van der Waals surface area contributed by atoms with Crippen LogP contribution in [0.3, 0.4) is 0 Å². The van der Waals surface area contributed by atoms with E-state index in [-0.39, 0.29) is 16.9 Å². The van der Waals surface area contributed by atoms with Crippen LogP contribution in [0.15, 0.2) is 46.9 Å². The van der Waals surface area contributed by atoms with E-state index in [1.165, 1.54) is 12.8 Å². The van der Waals surface area contributed by atoms with Crippen molar-refractivity contribution in [3.05, 3.63) is 58.1 Å². The van der Waals surface area contributed by atoms with Gasteiger partial charge >= 0.3 is 0 Å². The molecule has 3 rings (SSSR count). The molecule has 0 atom stereocenters. The molecule has 6 nitrogen and oxygen atoms in total. The Hall–Kier alpha value is -2.45. The number of nitrogens with zero attached hydrogens (tertiary/aromatic N) is 1. The Morgan fingerprint density at radius 3 is 2.58 bits per heavy atom. The smallest absolute Gasteiger partial charge is 0.257 e. The molecule has 8 heteroatoms. The van der Waals surface area contributed by atoms with Crippen LogP contribution in [0.1, 0.15) is 66.2 Å². The van der Waals surface area contributed by atoms with Crippen LogP contribution < -0.4 is 15.4 Å². The van der Waals surface area contributed by atoms with Crippen molar-refractivity contribution in [1.82, 2.24) is 10.2 Å². The molecule has 1 heterocycles. The number of carbonyl (C=O) groups is 2. The predicted octanol–water partition coefficient (Wildman–Crippen LogP) is 5.77. The van der Waals surface area contributed by atoms with Gasteiger partial charge in [0.2, 0.25) is 0 Å². The molecule has 33 heavy (non-hydrogen) atoms. The number of hydrogen-bond acceptors (Lipinski definition) is 4. The molecule has 0 saturated carbocycles. The highest BCUT2D eigenvalue weighted by atomic mass is 79.9. The molecule has 1 saturated heterocycles. The summed E-state index contributed by atoms with van der Waals surface area (Å²) in [6, 6.07) is 12.4. The summed E-state index contributed by atoms with van der Waals surface area (Å²) < 4.78 is 6.52. The molecule has 1 fully saturated rings. The van der Waals surface area contributed by atoms with E-state index < -0.39 is 0 Å². The molecule has 2 amide bonds. The SMILES string of the molecule is CCCCCCOc1ccc(C(=O)NC(=S)Nc2cccc(C(=O)N3CCCC3)c2)cc1Br. The largest absolute Gasteiger partial charge is 0.492 e. The number of anilines is 1. The van der Waals surface area contributed by atoms with Crippen LogP contribution in [0.25, 0.3) is 0 Å². The molecule has 2 aromatic carbocycles. The highest BCUT2D eigenvalue weighted by molar-refractivity contribution is 9.10. The second-order valence-corrected chi connectivity index (χ2v) is 9.31. The molecule has 0 spiro atoms. The number of thiocarbonyl (C=S) groups is 1. The van der Waals surface area contributed by atoms with Crippen molar-refractivity contribution in [1.29, 1.82) is 0 Å². The molecule has 2 N–H and O–H groups in total. The lowest BCUT2D eigenvalue weighted by molar-refractivity contribution is 0.0792. The molecule has 0 bridgehead atoms. The number of amides is 2. The van der Waals surface area contributed by atoms with Gasteiger partial charge in [0.25, 0.3) is 11.8 Å². The first-order valence-electron chi connectivity index (χ1n) is 11.4. The van der Waals surface area contributed by atoms with E-state index in [1.807, 2.05) is 11.0 Å². The van der Waals surface area contributed by atoms with Gasteiger partial charge in [-0.25, -0.2) is 0 Å². The van der Waals surface area contributed by atoms with Gasteiger partial charge in [-0.3, -0.25) is 14.9 Å². The van der Waals surface area contributed by atoms with E-state index >= 15 is 0 Å². The van der Waals surface area contributed by atoms with Gasteiger partial charge in [-0.05, 0) is 83.8 Å². The van der Waals surface area contributed by atoms with Crippen LogP contribution in [0.5, 0.6) is 5.75 Å². The van der Waals surface area contributed by atoms with Gasteiger partial charge in [-0.15, -0.1) is 0 Å². The molecule has 0 unspecified atom stereocenters. The zero-order valence-electron chi connectivity index (χ0n) is 18.9. The van der Waals surface area contributed by atoms with E-state index in [0.29, 0.717) is 29.2 Å². The van der Waals surface area contributed by atoms with E-state index in [2.05, 4.69) is 33.5 Å². The fourth-order valence-electron chi connectivity index (χ4n) is 3.64. The lowest BCUT2D eigenvalue weighted by Gasteiger charge is -2.16. The van der Waals surface area contributed by atoms with Crippen LogP contribution in [0.4, 0.5) is 5.69 Å². The quantitative estimate of drug-likeness (QED) is 0.317. The van der Waals surface area contributed by atoms with Crippen LogP contribution in [-0.4, -0.2) is 41.5 Å². The Bertz CT molecular complexity index is 993. The average Bonchev–Trinajstić information content (AvgIpc) is 3.34. The van der Waals surface area contributed by atoms with Crippen LogP contribution in [0, 0.1) is 0 Å². The number of hydrogen-bond donors (Lipinski definition) is 2. The first-order valence-corrected chi connectivity index (χ1v) is 12.6. The molecule has 0 aliphatic carbocycles. The van der Waals surface area contributed by atoms with Gasteiger partial charge in [-0.1, -0.05) is 32.3 Å². The minimum absolute atomic E-state index is 0.0172. The standard InChI is InChI=1S/C25H30BrN3O3S/c1-2-3-4-7-15-32-22-12-11-18(17-21(22)26)23(30)28-25(33)27-20-10-8-9-19(16-20)24(31)29-13-5-6-14-29/h8-12,16-17H,2-7,13-15H2,1H3,(H2,27,28,30,33). The number of ether oxygens (including phenoxy) is 1. The van der Waals surface area contributed by atoms with Crippen molar-refractivity contribution in [2.75, 3.05) is 25.0 Å². The lowest BCUT2D eigenvalue weighted by Crippen LogP contribution is -2.34. The minimum Gasteiger partial charge on any atom is -0.492 e. The topological polar surface area (TPSA) is 70.7 Å². The summed E-state index contributed by atoms with van der Waals surface area (Å²) in [5.74, 6) is 0.402. The molecule has 0 radical (unpaired) electrons. The highest BCUT2D eigenvalue weighted by Crippen LogP contribution is 2.26. The van der Waals surface area contributed by atoms with E-state index in [1.54, 1.807) is 36.4 Å². The minimum atomic E-state index is -0.327. The van der Waals surface area contributed by atoms with Gasteiger partial charge in [0, 0.05) is 29.9 Å². The summed E-state index contributed by atoms with van der Waals surface area (Å²) >= 11 is 8.78. The fraction of sp³-hybridized carbons (Fsp3) is 0.400. The molecular weight excluding hydrogens is 502 g/mol. The zero-order chi connectivity index (χ0) is 23.6. The molecule has 1 aliphatic heterocycles. The number of benzene rings is 2. The second kappa shape index (κ2) is 12.7. The van der Waals surface area contributed by atoms with E-state index in [0.717, 1.165) is 43.2 Å². The summed E-state index contributed by atoms with van der Waals surface area (Å²) in [5, 5.41) is 5.84. The van der Waals surface area contributed by atoms with Gasteiger partial charge in [-0.2, -0.15) is 0 Å².